The number of hydrogen-bond acceptors (Lipinski definition) is 4. The number of amides is 2. The molecule has 0 radical (unpaired) electrons. The predicted molar refractivity (Wildman–Crippen MR) is 109 cm³/mol. The predicted octanol–water partition coefficient (Wildman–Crippen LogP) is 3.47. The summed E-state index contributed by atoms with van der Waals surface area (Å²) in [7, 11) is 1.48. The van der Waals surface area contributed by atoms with Crippen molar-refractivity contribution in [2.24, 2.45) is 5.10 Å². The summed E-state index contributed by atoms with van der Waals surface area (Å²) < 4.78 is 5.22. The number of ether oxygens (including phenoxy) is 1. The molecular weight excluding hydrogens is 401 g/mol. The van der Waals surface area contributed by atoms with Crippen molar-refractivity contribution in [2.45, 2.75) is 12.3 Å². The Kier molecular flexibility index (Phi) is 6.54. The van der Waals surface area contributed by atoms with Crippen molar-refractivity contribution in [3.63, 3.8) is 0 Å². The van der Waals surface area contributed by atoms with Gasteiger partial charge in [-0.25, -0.2) is 5.43 Å². The van der Waals surface area contributed by atoms with Gasteiger partial charge < -0.3 is 9.64 Å². The van der Waals surface area contributed by atoms with Crippen molar-refractivity contribution in [1.82, 2.24) is 10.3 Å². The summed E-state index contributed by atoms with van der Waals surface area (Å²) in [5, 5.41) is 4.69. The van der Waals surface area contributed by atoms with Crippen molar-refractivity contribution in [3.05, 3.63) is 63.6 Å². The largest absolute Gasteiger partial charge is 0.495 e. The fraction of sp³-hybridized carbons (Fsp3) is 0.250. The Morgan fingerprint density at radius 1 is 1.32 bits per heavy atom. The van der Waals surface area contributed by atoms with Crippen molar-refractivity contribution in [2.75, 3.05) is 20.2 Å². The number of carbonyl (C=O) groups excluding carboxylic acids is 2. The number of hydrazone groups is 1. The summed E-state index contributed by atoms with van der Waals surface area (Å²) in [6, 6.07) is 13.0. The van der Waals surface area contributed by atoms with E-state index in [9.17, 15) is 9.59 Å². The molecule has 0 saturated carbocycles. The average molecular weight is 420 g/mol. The van der Waals surface area contributed by atoms with Gasteiger partial charge >= 0.3 is 0 Å². The minimum atomic E-state index is -0.384. The van der Waals surface area contributed by atoms with Crippen molar-refractivity contribution in [1.29, 1.82) is 0 Å². The molecule has 8 heteroatoms. The van der Waals surface area contributed by atoms with Gasteiger partial charge in [-0.2, -0.15) is 5.10 Å². The maximum Gasteiger partial charge on any atom is 0.259 e. The molecule has 1 aliphatic heterocycles. The first-order chi connectivity index (χ1) is 13.5. The molecule has 146 valence electrons. The molecule has 2 amide bonds. The van der Waals surface area contributed by atoms with Gasteiger partial charge in [0, 0.05) is 29.5 Å². The molecule has 1 heterocycles. The van der Waals surface area contributed by atoms with E-state index < -0.39 is 0 Å². The molecule has 1 atom stereocenters. The van der Waals surface area contributed by atoms with Crippen molar-refractivity contribution < 1.29 is 14.3 Å². The summed E-state index contributed by atoms with van der Waals surface area (Å²) in [4.78, 5) is 25.9. The smallest absolute Gasteiger partial charge is 0.259 e. The van der Waals surface area contributed by atoms with Gasteiger partial charge in [-0.1, -0.05) is 53.5 Å². The van der Waals surface area contributed by atoms with Crippen molar-refractivity contribution >= 4 is 41.2 Å². The zero-order chi connectivity index (χ0) is 20.1. The highest BCUT2D eigenvalue weighted by molar-refractivity contribution is 6.36. The van der Waals surface area contributed by atoms with Crippen LogP contribution in [0.25, 0.3) is 0 Å². The number of nitrogens with one attached hydrogen (secondary N) is 1. The lowest BCUT2D eigenvalue weighted by molar-refractivity contribution is -0.133. The number of methoxy groups -OCH3 is 1. The van der Waals surface area contributed by atoms with E-state index >= 15 is 0 Å². The Labute approximate surface area is 173 Å². The van der Waals surface area contributed by atoms with Gasteiger partial charge in [-0.15, -0.1) is 0 Å². The van der Waals surface area contributed by atoms with Gasteiger partial charge in [0.05, 0.1) is 18.3 Å². The van der Waals surface area contributed by atoms with Crippen LogP contribution in [-0.2, 0) is 9.59 Å². The number of hydrogen-bond donors (Lipinski definition) is 1. The first kappa shape index (κ1) is 20.2. The van der Waals surface area contributed by atoms with Gasteiger partial charge in [-0.05, 0) is 17.7 Å². The molecule has 1 unspecified atom stereocenters. The normalized spacial score (nSPS) is 16.6. The second-order valence-electron chi connectivity index (χ2n) is 6.39. The van der Waals surface area contributed by atoms with Gasteiger partial charge in [-0.3, -0.25) is 9.59 Å². The van der Waals surface area contributed by atoms with E-state index in [4.69, 9.17) is 27.9 Å². The summed E-state index contributed by atoms with van der Waals surface area (Å²) in [5.74, 6) is 0.0778. The lowest BCUT2D eigenvalue weighted by Gasteiger charge is -2.15. The number of rotatable bonds is 6. The third-order valence-corrected chi connectivity index (χ3v) is 4.95. The molecule has 2 aromatic carbocycles. The van der Waals surface area contributed by atoms with Crippen LogP contribution in [0, 0.1) is 0 Å². The highest BCUT2D eigenvalue weighted by Crippen LogP contribution is 2.31. The Hall–Kier alpha value is -2.57. The molecule has 1 aliphatic rings. The van der Waals surface area contributed by atoms with Crippen LogP contribution in [-0.4, -0.2) is 43.1 Å². The first-order valence-electron chi connectivity index (χ1n) is 8.65. The molecular formula is C20H19Cl2N3O3. The fourth-order valence-electron chi connectivity index (χ4n) is 3.15. The van der Waals surface area contributed by atoms with Crippen LogP contribution < -0.4 is 10.2 Å². The molecule has 0 spiro atoms. The van der Waals surface area contributed by atoms with Crippen LogP contribution in [0.1, 0.15) is 23.5 Å². The highest BCUT2D eigenvalue weighted by atomic mass is 35.5. The Morgan fingerprint density at radius 2 is 2.07 bits per heavy atom. The second-order valence-corrected chi connectivity index (χ2v) is 7.23. The molecule has 2 aromatic rings. The van der Waals surface area contributed by atoms with Crippen LogP contribution in [0.2, 0.25) is 10.0 Å². The summed E-state index contributed by atoms with van der Waals surface area (Å²) in [5.41, 5.74) is 4.05. The molecule has 1 saturated heterocycles. The number of halogens is 2. The first-order valence-corrected chi connectivity index (χ1v) is 9.41. The van der Waals surface area contributed by atoms with Gasteiger partial charge in [0.1, 0.15) is 12.3 Å². The van der Waals surface area contributed by atoms with Crippen LogP contribution in [0.5, 0.6) is 5.75 Å². The van der Waals surface area contributed by atoms with Crippen molar-refractivity contribution in [3.8, 4) is 5.75 Å². The topological polar surface area (TPSA) is 71.0 Å². The van der Waals surface area contributed by atoms with E-state index in [1.165, 1.54) is 13.3 Å². The Balaban J connectivity index is 1.58. The molecule has 0 aromatic heterocycles. The molecule has 0 aliphatic carbocycles. The molecule has 3 rings (SSSR count). The Morgan fingerprint density at radius 3 is 2.79 bits per heavy atom. The standard InChI is InChI=1S/C20H19Cl2N3O3/c1-28-20-14(7-16(21)9-17(20)22)10-23-24-18(26)12-25-11-15(8-19(25)27)13-5-3-2-4-6-13/h2-7,9-10,15H,8,11-12H2,1H3,(H,24,26)/b23-10+. The SMILES string of the molecule is COc1c(Cl)cc(Cl)cc1/C=N/NC(=O)CN1CC(c2ccccc2)CC1=O. The second kappa shape index (κ2) is 9.08. The van der Waals surface area contributed by atoms with Crippen LogP contribution in [0.15, 0.2) is 47.6 Å². The lowest BCUT2D eigenvalue weighted by Crippen LogP contribution is -2.36. The van der Waals surface area contributed by atoms with E-state index in [1.807, 2.05) is 30.3 Å². The number of benzene rings is 2. The lowest BCUT2D eigenvalue weighted by atomic mass is 9.99. The molecule has 6 nitrogen and oxygen atoms in total. The molecule has 1 fully saturated rings. The van der Waals surface area contributed by atoms with E-state index in [-0.39, 0.29) is 24.3 Å². The van der Waals surface area contributed by atoms with Crippen LogP contribution in [0.3, 0.4) is 0 Å². The molecule has 0 bridgehead atoms. The molecule has 28 heavy (non-hydrogen) atoms. The zero-order valence-electron chi connectivity index (χ0n) is 15.2. The number of likely N-dealkylation sites (tertiary alicyclic amines) is 1. The maximum atomic E-state index is 12.2. The number of nitrogens with zero attached hydrogens (tertiary/aromatic N) is 2. The fourth-order valence-corrected chi connectivity index (χ4v) is 3.73. The quantitative estimate of drug-likeness (QED) is 0.575. The summed E-state index contributed by atoms with van der Waals surface area (Å²) >= 11 is 12.0. The minimum absolute atomic E-state index is 0.0451. The van der Waals surface area contributed by atoms with Crippen LogP contribution in [0.4, 0.5) is 0 Å². The third-order valence-electron chi connectivity index (χ3n) is 4.45. The Bertz CT molecular complexity index is 903. The molecule has 1 N–H and O–H groups in total. The average Bonchev–Trinajstić information content (AvgIpc) is 3.02. The summed E-state index contributed by atoms with van der Waals surface area (Å²) in [6.07, 6.45) is 1.80. The monoisotopic (exact) mass is 419 g/mol. The third kappa shape index (κ3) is 4.82. The zero-order valence-corrected chi connectivity index (χ0v) is 16.7. The number of carbonyl (C=O) groups is 2. The van der Waals surface area contributed by atoms with E-state index in [2.05, 4.69) is 10.5 Å². The van der Waals surface area contributed by atoms with Crippen LogP contribution >= 0.6 is 23.2 Å². The van der Waals surface area contributed by atoms with E-state index in [0.717, 1.165) is 5.56 Å². The maximum absolute atomic E-state index is 12.2. The van der Waals surface area contributed by atoms with E-state index in [1.54, 1.807) is 17.0 Å². The van der Waals surface area contributed by atoms with Gasteiger partial charge in [0.25, 0.3) is 5.91 Å². The summed E-state index contributed by atoms with van der Waals surface area (Å²) in [6.45, 7) is 0.463. The highest BCUT2D eigenvalue weighted by Gasteiger charge is 2.31. The van der Waals surface area contributed by atoms with E-state index in [0.29, 0.717) is 34.3 Å². The van der Waals surface area contributed by atoms with Gasteiger partial charge in [0.15, 0.2) is 0 Å². The minimum Gasteiger partial charge on any atom is -0.495 e. The van der Waals surface area contributed by atoms with Gasteiger partial charge in [0.2, 0.25) is 5.91 Å².